The van der Waals surface area contributed by atoms with E-state index in [-0.39, 0.29) is 18.7 Å². The van der Waals surface area contributed by atoms with Crippen LogP contribution in [0.25, 0.3) is 10.8 Å². The SMILES string of the molecule is C[C@@H](NC(=O)c1cc(Cl)c2c(c1)OCO2)c1cccc2ccccc12. The van der Waals surface area contributed by atoms with E-state index < -0.39 is 0 Å². The molecule has 3 aromatic carbocycles. The molecule has 1 aliphatic heterocycles. The van der Waals surface area contributed by atoms with Crippen molar-refractivity contribution >= 4 is 28.3 Å². The number of nitrogens with one attached hydrogen (secondary N) is 1. The number of carbonyl (C=O) groups excluding carboxylic acids is 1. The van der Waals surface area contributed by atoms with Crippen molar-refractivity contribution in [2.24, 2.45) is 0 Å². The molecule has 0 bridgehead atoms. The van der Waals surface area contributed by atoms with Gasteiger partial charge in [0.05, 0.1) is 11.1 Å². The molecule has 25 heavy (non-hydrogen) atoms. The van der Waals surface area contributed by atoms with Crippen LogP contribution < -0.4 is 14.8 Å². The fourth-order valence-electron chi connectivity index (χ4n) is 3.08. The van der Waals surface area contributed by atoms with Crippen molar-refractivity contribution in [2.75, 3.05) is 6.79 Å². The zero-order valence-corrected chi connectivity index (χ0v) is 14.3. The van der Waals surface area contributed by atoms with Crippen LogP contribution in [0, 0.1) is 0 Å². The molecule has 4 nitrogen and oxygen atoms in total. The lowest BCUT2D eigenvalue weighted by atomic mass is 9.99. The second-order valence-corrected chi connectivity index (χ2v) is 6.36. The van der Waals surface area contributed by atoms with Gasteiger partial charge < -0.3 is 14.8 Å². The first-order valence-electron chi connectivity index (χ1n) is 8.01. The van der Waals surface area contributed by atoms with Gasteiger partial charge in [-0.2, -0.15) is 0 Å². The van der Waals surface area contributed by atoms with Crippen molar-refractivity contribution in [1.82, 2.24) is 5.32 Å². The first kappa shape index (κ1) is 15.8. The van der Waals surface area contributed by atoms with Gasteiger partial charge in [-0.05, 0) is 35.4 Å². The smallest absolute Gasteiger partial charge is 0.251 e. The molecule has 0 spiro atoms. The Labute approximate surface area is 150 Å². The van der Waals surface area contributed by atoms with E-state index in [2.05, 4.69) is 23.5 Å². The van der Waals surface area contributed by atoms with Crippen LogP contribution in [0.5, 0.6) is 11.5 Å². The number of halogens is 1. The summed E-state index contributed by atoms with van der Waals surface area (Å²) >= 11 is 6.17. The fourth-order valence-corrected chi connectivity index (χ4v) is 3.35. The minimum Gasteiger partial charge on any atom is -0.454 e. The second kappa shape index (κ2) is 6.30. The molecule has 1 atom stereocenters. The monoisotopic (exact) mass is 353 g/mol. The van der Waals surface area contributed by atoms with Crippen LogP contribution in [0.4, 0.5) is 0 Å². The van der Waals surface area contributed by atoms with Crippen molar-refractivity contribution in [3.05, 3.63) is 70.7 Å². The Morgan fingerprint density at radius 3 is 2.80 bits per heavy atom. The molecule has 1 amide bonds. The van der Waals surface area contributed by atoms with Gasteiger partial charge in [-0.15, -0.1) is 0 Å². The van der Waals surface area contributed by atoms with Crippen LogP contribution in [-0.2, 0) is 0 Å². The summed E-state index contributed by atoms with van der Waals surface area (Å²) < 4.78 is 10.6. The van der Waals surface area contributed by atoms with Crippen molar-refractivity contribution < 1.29 is 14.3 Å². The lowest BCUT2D eigenvalue weighted by molar-refractivity contribution is 0.0939. The maximum Gasteiger partial charge on any atom is 0.251 e. The molecule has 0 aromatic heterocycles. The van der Waals surface area contributed by atoms with Crippen LogP contribution >= 0.6 is 11.6 Å². The van der Waals surface area contributed by atoms with Gasteiger partial charge in [-0.1, -0.05) is 54.1 Å². The minimum atomic E-state index is -0.208. The number of ether oxygens (including phenoxy) is 2. The lowest BCUT2D eigenvalue weighted by Crippen LogP contribution is -2.26. The van der Waals surface area contributed by atoms with Gasteiger partial charge in [0.2, 0.25) is 6.79 Å². The summed E-state index contributed by atoms with van der Waals surface area (Å²) in [6.45, 7) is 2.08. The highest BCUT2D eigenvalue weighted by Gasteiger charge is 2.21. The largest absolute Gasteiger partial charge is 0.454 e. The molecule has 0 saturated carbocycles. The number of fused-ring (bicyclic) bond motifs is 2. The molecule has 126 valence electrons. The van der Waals surface area contributed by atoms with Gasteiger partial charge in [0.15, 0.2) is 11.5 Å². The summed E-state index contributed by atoms with van der Waals surface area (Å²) in [5.41, 5.74) is 1.51. The van der Waals surface area contributed by atoms with Crippen molar-refractivity contribution in [3.8, 4) is 11.5 Å². The average molecular weight is 354 g/mol. The standard InChI is InChI=1S/C20H16ClNO3/c1-12(15-8-4-6-13-5-2-3-7-16(13)15)22-20(23)14-9-17(21)19-18(10-14)24-11-25-19/h2-10,12H,11H2,1H3,(H,22,23)/t12-/m1/s1. The van der Waals surface area contributed by atoms with E-state index in [4.69, 9.17) is 21.1 Å². The van der Waals surface area contributed by atoms with E-state index in [9.17, 15) is 4.79 Å². The first-order chi connectivity index (χ1) is 12.1. The van der Waals surface area contributed by atoms with Crippen molar-refractivity contribution in [2.45, 2.75) is 13.0 Å². The molecule has 1 heterocycles. The lowest BCUT2D eigenvalue weighted by Gasteiger charge is -2.17. The normalized spacial score (nSPS) is 13.7. The third-order valence-corrected chi connectivity index (χ3v) is 4.61. The molecule has 4 rings (SSSR count). The molecule has 1 N–H and O–H groups in total. The highest BCUT2D eigenvalue weighted by atomic mass is 35.5. The van der Waals surface area contributed by atoms with Crippen LogP contribution in [0.3, 0.4) is 0 Å². The summed E-state index contributed by atoms with van der Waals surface area (Å²) in [6.07, 6.45) is 0. The molecular formula is C20H16ClNO3. The van der Waals surface area contributed by atoms with E-state index in [1.165, 1.54) is 0 Å². The Kier molecular flexibility index (Phi) is 3.98. The summed E-state index contributed by atoms with van der Waals surface area (Å²) in [7, 11) is 0. The number of hydrogen-bond donors (Lipinski definition) is 1. The van der Waals surface area contributed by atoms with E-state index >= 15 is 0 Å². The predicted molar refractivity (Wildman–Crippen MR) is 97.4 cm³/mol. The highest BCUT2D eigenvalue weighted by Crippen LogP contribution is 2.39. The fraction of sp³-hybridized carbons (Fsp3) is 0.150. The molecule has 3 aromatic rings. The Morgan fingerprint density at radius 2 is 1.92 bits per heavy atom. The average Bonchev–Trinajstić information content (AvgIpc) is 3.10. The van der Waals surface area contributed by atoms with Crippen LogP contribution in [-0.4, -0.2) is 12.7 Å². The topological polar surface area (TPSA) is 47.6 Å². The highest BCUT2D eigenvalue weighted by molar-refractivity contribution is 6.32. The summed E-state index contributed by atoms with van der Waals surface area (Å²) in [5.74, 6) is 0.774. The molecule has 1 aliphatic rings. The van der Waals surface area contributed by atoms with Gasteiger partial charge >= 0.3 is 0 Å². The summed E-state index contributed by atoms with van der Waals surface area (Å²) in [5, 5.41) is 5.67. The van der Waals surface area contributed by atoms with Gasteiger partial charge in [-0.25, -0.2) is 0 Å². The Balaban J connectivity index is 1.61. The van der Waals surface area contributed by atoms with E-state index in [1.807, 2.05) is 31.2 Å². The number of amides is 1. The second-order valence-electron chi connectivity index (χ2n) is 5.96. The minimum absolute atomic E-state index is 0.118. The third-order valence-electron chi connectivity index (χ3n) is 4.33. The molecule has 0 unspecified atom stereocenters. The molecule has 5 heteroatoms. The Morgan fingerprint density at radius 1 is 1.12 bits per heavy atom. The maximum absolute atomic E-state index is 12.7. The predicted octanol–water partition coefficient (Wildman–Crippen LogP) is 4.71. The van der Waals surface area contributed by atoms with Crippen LogP contribution in [0.2, 0.25) is 5.02 Å². The Bertz CT molecular complexity index is 965. The summed E-state index contributed by atoms with van der Waals surface area (Å²) in [4.78, 5) is 12.7. The van der Waals surface area contributed by atoms with Gasteiger partial charge in [0, 0.05) is 5.56 Å². The number of carbonyl (C=O) groups is 1. The maximum atomic E-state index is 12.7. The number of benzene rings is 3. The van der Waals surface area contributed by atoms with Crippen LogP contribution in [0.15, 0.2) is 54.6 Å². The first-order valence-corrected chi connectivity index (χ1v) is 8.39. The van der Waals surface area contributed by atoms with E-state index in [0.717, 1.165) is 16.3 Å². The zero-order chi connectivity index (χ0) is 17.4. The zero-order valence-electron chi connectivity index (χ0n) is 13.6. The molecule has 0 aliphatic carbocycles. The van der Waals surface area contributed by atoms with E-state index in [1.54, 1.807) is 12.1 Å². The van der Waals surface area contributed by atoms with E-state index in [0.29, 0.717) is 22.1 Å². The quantitative estimate of drug-likeness (QED) is 0.741. The number of rotatable bonds is 3. The summed E-state index contributed by atoms with van der Waals surface area (Å²) in [6, 6.07) is 17.3. The molecule has 0 fully saturated rings. The Hall–Kier alpha value is -2.72. The van der Waals surface area contributed by atoms with Crippen LogP contribution in [0.1, 0.15) is 28.9 Å². The van der Waals surface area contributed by atoms with Gasteiger partial charge in [0.1, 0.15) is 0 Å². The van der Waals surface area contributed by atoms with Gasteiger partial charge in [-0.3, -0.25) is 4.79 Å². The van der Waals surface area contributed by atoms with Crippen molar-refractivity contribution in [3.63, 3.8) is 0 Å². The number of hydrogen-bond acceptors (Lipinski definition) is 3. The molecule has 0 saturated heterocycles. The van der Waals surface area contributed by atoms with Crippen molar-refractivity contribution in [1.29, 1.82) is 0 Å². The van der Waals surface area contributed by atoms with Gasteiger partial charge in [0.25, 0.3) is 5.91 Å². The molecule has 0 radical (unpaired) electrons. The third kappa shape index (κ3) is 2.89. The molecular weight excluding hydrogens is 338 g/mol.